The van der Waals surface area contributed by atoms with Gasteiger partial charge >= 0.3 is 0 Å². The average molecular weight is 262 g/mol. The van der Waals surface area contributed by atoms with E-state index in [4.69, 9.17) is 0 Å². The summed E-state index contributed by atoms with van der Waals surface area (Å²) in [5.41, 5.74) is 0. The summed E-state index contributed by atoms with van der Waals surface area (Å²) >= 11 is 0. The highest BCUT2D eigenvalue weighted by atomic mass is 32.2. The summed E-state index contributed by atoms with van der Waals surface area (Å²) in [5.74, 6) is 0.281. The maximum absolute atomic E-state index is 11.2. The van der Waals surface area contributed by atoms with E-state index >= 15 is 0 Å². The number of nitrogens with zero attached hydrogens (tertiary/aromatic N) is 1. The Morgan fingerprint density at radius 1 is 1.35 bits per heavy atom. The highest BCUT2D eigenvalue weighted by Gasteiger charge is 2.18. The van der Waals surface area contributed by atoms with Crippen LogP contribution in [-0.4, -0.2) is 57.5 Å². The van der Waals surface area contributed by atoms with Crippen LogP contribution in [0.3, 0.4) is 0 Å². The topological polar surface area (TPSA) is 49.4 Å². The molecule has 0 radical (unpaired) electrons. The second-order valence-electron chi connectivity index (χ2n) is 5.08. The lowest BCUT2D eigenvalue weighted by atomic mass is 10.2. The fraction of sp³-hybridized carbons (Fsp3) is 1.00. The summed E-state index contributed by atoms with van der Waals surface area (Å²) in [7, 11) is -2.84. The van der Waals surface area contributed by atoms with E-state index in [1.165, 1.54) is 19.1 Å². The molecule has 0 spiro atoms. The molecule has 1 rings (SSSR count). The number of unbranched alkanes of at least 4 members (excludes halogenated alkanes) is 1. The zero-order valence-corrected chi connectivity index (χ0v) is 11.9. The van der Waals surface area contributed by atoms with E-state index in [0.29, 0.717) is 12.6 Å². The quantitative estimate of drug-likeness (QED) is 0.706. The van der Waals surface area contributed by atoms with E-state index < -0.39 is 9.84 Å². The molecule has 17 heavy (non-hydrogen) atoms. The highest BCUT2D eigenvalue weighted by Crippen LogP contribution is 2.08. The van der Waals surface area contributed by atoms with Gasteiger partial charge in [-0.05, 0) is 32.4 Å². The van der Waals surface area contributed by atoms with Gasteiger partial charge in [0.05, 0.1) is 5.75 Å². The van der Waals surface area contributed by atoms with Crippen molar-refractivity contribution in [3.05, 3.63) is 0 Å². The minimum absolute atomic E-state index is 0.281. The van der Waals surface area contributed by atoms with Gasteiger partial charge in [0.2, 0.25) is 0 Å². The number of rotatable bonds is 8. The predicted molar refractivity (Wildman–Crippen MR) is 72.1 cm³/mol. The lowest BCUT2D eigenvalue weighted by molar-refractivity contribution is 0.258. The van der Waals surface area contributed by atoms with Crippen molar-refractivity contribution < 1.29 is 8.42 Å². The molecule has 0 bridgehead atoms. The molecule has 1 fully saturated rings. The molecule has 4 nitrogen and oxygen atoms in total. The second-order valence-corrected chi connectivity index (χ2v) is 7.34. The molecule has 1 atom stereocenters. The van der Waals surface area contributed by atoms with E-state index in [0.717, 1.165) is 32.5 Å². The van der Waals surface area contributed by atoms with E-state index in [-0.39, 0.29) is 5.75 Å². The van der Waals surface area contributed by atoms with Crippen molar-refractivity contribution in [2.75, 3.05) is 38.2 Å². The lowest BCUT2D eigenvalue weighted by Crippen LogP contribution is -2.40. The Morgan fingerprint density at radius 2 is 2.12 bits per heavy atom. The molecule has 0 aromatic carbocycles. The van der Waals surface area contributed by atoms with Crippen molar-refractivity contribution in [2.45, 2.75) is 38.6 Å². The maximum Gasteiger partial charge on any atom is 0.148 e. The first-order valence-corrected chi connectivity index (χ1v) is 8.71. The third kappa shape index (κ3) is 7.01. The number of hydrogen-bond acceptors (Lipinski definition) is 4. The standard InChI is InChI=1S/C12H26N2O2S/c1-3-4-8-14(9-10-17(2,15)16)11-12-6-5-7-13-12/h12-13H,3-11H2,1-2H3. The minimum atomic E-state index is -2.84. The van der Waals surface area contributed by atoms with Crippen LogP contribution in [0.25, 0.3) is 0 Å². The fourth-order valence-electron chi connectivity index (χ4n) is 2.20. The largest absolute Gasteiger partial charge is 0.313 e. The third-order valence-corrected chi connectivity index (χ3v) is 4.17. The molecule has 1 heterocycles. The number of sulfone groups is 1. The second kappa shape index (κ2) is 7.34. The number of nitrogens with one attached hydrogen (secondary N) is 1. The molecule has 1 aliphatic heterocycles. The van der Waals surface area contributed by atoms with Gasteiger partial charge in [-0.15, -0.1) is 0 Å². The Balaban J connectivity index is 2.35. The number of hydrogen-bond donors (Lipinski definition) is 1. The van der Waals surface area contributed by atoms with E-state index in [1.807, 2.05) is 0 Å². The third-order valence-electron chi connectivity index (χ3n) is 3.25. The molecular weight excluding hydrogens is 236 g/mol. The summed E-state index contributed by atoms with van der Waals surface area (Å²) in [4.78, 5) is 2.30. The van der Waals surface area contributed by atoms with Crippen LogP contribution >= 0.6 is 0 Å². The minimum Gasteiger partial charge on any atom is -0.313 e. The molecular formula is C12H26N2O2S. The van der Waals surface area contributed by atoms with Crippen LogP contribution in [0.1, 0.15) is 32.6 Å². The van der Waals surface area contributed by atoms with Crippen molar-refractivity contribution in [3.63, 3.8) is 0 Å². The van der Waals surface area contributed by atoms with Crippen molar-refractivity contribution in [1.82, 2.24) is 10.2 Å². The monoisotopic (exact) mass is 262 g/mol. The van der Waals surface area contributed by atoms with Crippen LogP contribution in [0.2, 0.25) is 0 Å². The Bertz CT molecular complexity index is 298. The summed E-state index contributed by atoms with van der Waals surface area (Å²) in [5, 5.41) is 3.47. The molecule has 1 aliphatic rings. The Labute approximate surface area is 106 Å². The normalized spacial score (nSPS) is 21.2. The van der Waals surface area contributed by atoms with Crippen LogP contribution < -0.4 is 5.32 Å². The van der Waals surface area contributed by atoms with Gasteiger partial charge in [-0.25, -0.2) is 8.42 Å². The van der Waals surface area contributed by atoms with Crippen molar-refractivity contribution in [3.8, 4) is 0 Å². The van der Waals surface area contributed by atoms with Crippen molar-refractivity contribution in [2.24, 2.45) is 0 Å². The van der Waals surface area contributed by atoms with Crippen LogP contribution in [0.5, 0.6) is 0 Å². The molecule has 5 heteroatoms. The van der Waals surface area contributed by atoms with Gasteiger partial charge in [-0.1, -0.05) is 13.3 Å². The molecule has 0 aromatic heterocycles. The van der Waals surface area contributed by atoms with Crippen molar-refractivity contribution in [1.29, 1.82) is 0 Å². The molecule has 1 saturated heterocycles. The summed E-state index contributed by atoms with van der Waals surface area (Å²) in [6, 6.07) is 0.561. The summed E-state index contributed by atoms with van der Waals surface area (Å²) in [6.07, 6.45) is 6.10. The zero-order valence-electron chi connectivity index (χ0n) is 11.1. The first-order chi connectivity index (χ1) is 8.01. The molecule has 0 aromatic rings. The molecule has 0 aliphatic carbocycles. The first-order valence-electron chi connectivity index (χ1n) is 6.64. The highest BCUT2D eigenvalue weighted by molar-refractivity contribution is 7.90. The Kier molecular flexibility index (Phi) is 6.44. The average Bonchev–Trinajstić information content (AvgIpc) is 2.73. The van der Waals surface area contributed by atoms with E-state index in [9.17, 15) is 8.42 Å². The lowest BCUT2D eigenvalue weighted by Gasteiger charge is -2.25. The molecule has 1 unspecified atom stereocenters. The van der Waals surface area contributed by atoms with Gasteiger partial charge in [0.25, 0.3) is 0 Å². The van der Waals surface area contributed by atoms with Gasteiger partial charge in [-0.2, -0.15) is 0 Å². The zero-order chi connectivity index (χ0) is 12.7. The molecule has 0 amide bonds. The summed E-state index contributed by atoms with van der Waals surface area (Å²) < 4.78 is 22.4. The van der Waals surface area contributed by atoms with Gasteiger partial charge in [0.15, 0.2) is 0 Å². The summed E-state index contributed by atoms with van der Waals surface area (Å²) in [6.45, 7) is 5.97. The van der Waals surface area contributed by atoms with Gasteiger partial charge in [0.1, 0.15) is 9.84 Å². The molecule has 0 saturated carbocycles. The van der Waals surface area contributed by atoms with Crippen LogP contribution in [0.15, 0.2) is 0 Å². The van der Waals surface area contributed by atoms with Gasteiger partial charge < -0.3 is 10.2 Å². The van der Waals surface area contributed by atoms with E-state index in [1.54, 1.807) is 0 Å². The first kappa shape index (κ1) is 14.9. The van der Waals surface area contributed by atoms with Gasteiger partial charge in [0, 0.05) is 25.4 Å². The predicted octanol–water partition coefficient (Wildman–Crippen LogP) is 0.885. The smallest absolute Gasteiger partial charge is 0.148 e. The van der Waals surface area contributed by atoms with Crippen LogP contribution in [0, 0.1) is 0 Å². The molecule has 102 valence electrons. The fourth-order valence-corrected chi connectivity index (χ4v) is 2.79. The van der Waals surface area contributed by atoms with Crippen LogP contribution in [0.4, 0.5) is 0 Å². The van der Waals surface area contributed by atoms with E-state index in [2.05, 4.69) is 17.1 Å². The Morgan fingerprint density at radius 3 is 2.65 bits per heavy atom. The van der Waals surface area contributed by atoms with Gasteiger partial charge in [-0.3, -0.25) is 0 Å². The maximum atomic E-state index is 11.2. The SMILES string of the molecule is CCCCN(CCS(C)(=O)=O)CC1CCCN1. The molecule has 1 N–H and O–H groups in total. The Hall–Kier alpha value is -0.130. The van der Waals surface area contributed by atoms with Crippen LogP contribution in [-0.2, 0) is 9.84 Å². The van der Waals surface area contributed by atoms with Crippen molar-refractivity contribution >= 4 is 9.84 Å².